The molecule has 0 aromatic heterocycles. The van der Waals surface area contributed by atoms with E-state index in [-0.39, 0.29) is 5.97 Å². The van der Waals surface area contributed by atoms with Crippen LogP contribution in [0, 0.1) is 0 Å². The van der Waals surface area contributed by atoms with Crippen LogP contribution >= 0.6 is 0 Å². The summed E-state index contributed by atoms with van der Waals surface area (Å²) in [5.41, 5.74) is 0. The third kappa shape index (κ3) is 21.6. The van der Waals surface area contributed by atoms with Gasteiger partial charge in [0.2, 0.25) is 0 Å². The third-order valence-electron chi connectivity index (χ3n) is 5.40. The Morgan fingerprint density at radius 1 is 0.630 bits per heavy atom. The van der Waals surface area contributed by atoms with Gasteiger partial charge in [-0.05, 0) is 26.9 Å². The third-order valence-corrected chi connectivity index (χ3v) is 5.40. The van der Waals surface area contributed by atoms with Gasteiger partial charge in [0.25, 0.3) is 0 Å². The zero-order valence-corrected chi connectivity index (χ0v) is 18.9. The van der Waals surface area contributed by atoms with Crippen molar-refractivity contribution in [1.29, 1.82) is 0 Å². The molecule has 0 saturated carbocycles. The molecule has 0 N–H and O–H groups in total. The molecule has 0 unspecified atom stereocenters. The quantitative estimate of drug-likeness (QED) is 0.156. The summed E-state index contributed by atoms with van der Waals surface area (Å²) in [5, 5.41) is 0. The fraction of sp³-hybridized carbons (Fsp3) is 0.958. The van der Waals surface area contributed by atoms with Crippen molar-refractivity contribution >= 4 is 5.97 Å². The molecule has 0 atom stereocenters. The highest BCUT2D eigenvalue weighted by molar-refractivity contribution is 5.69. The number of carbonyl (C=O) groups is 1. The summed E-state index contributed by atoms with van der Waals surface area (Å²) in [5.74, 6) is -0.0728. The monoisotopic (exact) mass is 383 g/mol. The molecule has 0 aliphatic carbocycles. The number of ether oxygens (including phenoxy) is 1. The van der Waals surface area contributed by atoms with Crippen molar-refractivity contribution in [3.63, 3.8) is 0 Å². The van der Waals surface area contributed by atoms with E-state index in [4.69, 9.17) is 4.74 Å². The lowest BCUT2D eigenvalue weighted by Gasteiger charge is -2.15. The van der Waals surface area contributed by atoms with E-state index in [2.05, 4.69) is 18.9 Å². The number of unbranched alkanes of at least 4 members (excludes halogenated alkanes) is 15. The summed E-state index contributed by atoms with van der Waals surface area (Å²) in [6, 6.07) is 0. The second-order valence-electron chi connectivity index (χ2n) is 8.16. The maximum absolute atomic E-state index is 11.3. The Morgan fingerprint density at radius 3 is 1.44 bits per heavy atom. The van der Waals surface area contributed by atoms with Crippen LogP contribution in [0.2, 0.25) is 0 Å². The van der Waals surface area contributed by atoms with Gasteiger partial charge in [-0.2, -0.15) is 0 Å². The molecule has 0 radical (unpaired) electrons. The van der Waals surface area contributed by atoms with Crippen LogP contribution in [0.4, 0.5) is 0 Å². The summed E-state index contributed by atoms with van der Waals surface area (Å²) in [6.45, 7) is 6.55. The zero-order valence-electron chi connectivity index (χ0n) is 18.9. The standard InChI is InChI=1S/C24H49NO2/c1-4-6-7-8-9-10-11-12-13-14-15-16-17-18-19-20-22-25(3)23-21-24(26)27-5-2/h4-23H2,1-3H3. The van der Waals surface area contributed by atoms with E-state index in [1.54, 1.807) is 0 Å². The molecule has 27 heavy (non-hydrogen) atoms. The minimum atomic E-state index is -0.0728. The van der Waals surface area contributed by atoms with Crippen LogP contribution in [0.15, 0.2) is 0 Å². The number of hydrogen-bond donors (Lipinski definition) is 0. The smallest absolute Gasteiger partial charge is 0.307 e. The molecule has 0 bridgehead atoms. The summed E-state index contributed by atoms with van der Waals surface area (Å²) >= 11 is 0. The molecule has 0 aliphatic heterocycles. The molecular weight excluding hydrogens is 334 g/mol. The van der Waals surface area contributed by atoms with Gasteiger partial charge in [0.05, 0.1) is 13.0 Å². The maximum atomic E-state index is 11.3. The van der Waals surface area contributed by atoms with Crippen LogP contribution in [0.1, 0.15) is 123 Å². The summed E-state index contributed by atoms with van der Waals surface area (Å²) in [7, 11) is 2.10. The van der Waals surface area contributed by atoms with Crippen LogP contribution in [0.25, 0.3) is 0 Å². The molecule has 0 heterocycles. The van der Waals surface area contributed by atoms with Crippen molar-refractivity contribution in [3.05, 3.63) is 0 Å². The predicted molar refractivity (Wildman–Crippen MR) is 118 cm³/mol. The van der Waals surface area contributed by atoms with Crippen LogP contribution in [0.3, 0.4) is 0 Å². The van der Waals surface area contributed by atoms with Gasteiger partial charge < -0.3 is 9.64 Å². The highest BCUT2D eigenvalue weighted by Gasteiger charge is 2.04. The Bertz CT molecular complexity index is 307. The first-order chi connectivity index (χ1) is 13.2. The fourth-order valence-corrected chi connectivity index (χ4v) is 3.56. The normalized spacial score (nSPS) is 11.3. The SMILES string of the molecule is CCCCCCCCCCCCCCCCCCN(C)CCC(=O)OCC. The molecule has 0 amide bonds. The fourth-order valence-electron chi connectivity index (χ4n) is 3.56. The van der Waals surface area contributed by atoms with E-state index in [1.165, 1.54) is 103 Å². The van der Waals surface area contributed by atoms with Crippen molar-refractivity contribution < 1.29 is 9.53 Å². The molecule has 162 valence electrons. The van der Waals surface area contributed by atoms with Crippen molar-refractivity contribution in [1.82, 2.24) is 4.90 Å². The number of esters is 1. The lowest BCUT2D eigenvalue weighted by Crippen LogP contribution is -2.23. The van der Waals surface area contributed by atoms with Crippen LogP contribution < -0.4 is 0 Å². The van der Waals surface area contributed by atoms with Gasteiger partial charge in [-0.3, -0.25) is 4.79 Å². The summed E-state index contributed by atoms with van der Waals surface area (Å²) < 4.78 is 4.96. The Labute approximate surface area is 170 Å². The average Bonchev–Trinajstić information content (AvgIpc) is 2.66. The van der Waals surface area contributed by atoms with Crippen molar-refractivity contribution in [2.75, 3.05) is 26.7 Å². The highest BCUT2D eigenvalue weighted by Crippen LogP contribution is 2.13. The molecule has 3 heteroatoms. The maximum Gasteiger partial charge on any atom is 0.307 e. The topological polar surface area (TPSA) is 29.5 Å². The zero-order chi connectivity index (χ0) is 20.0. The highest BCUT2D eigenvalue weighted by atomic mass is 16.5. The van der Waals surface area contributed by atoms with Gasteiger partial charge in [-0.1, -0.05) is 103 Å². The number of hydrogen-bond acceptors (Lipinski definition) is 3. The van der Waals surface area contributed by atoms with Gasteiger partial charge in [-0.15, -0.1) is 0 Å². The lowest BCUT2D eigenvalue weighted by molar-refractivity contribution is -0.143. The van der Waals surface area contributed by atoms with Gasteiger partial charge in [0, 0.05) is 6.54 Å². The Balaban J connectivity index is 3.15. The molecular formula is C24H49NO2. The lowest BCUT2D eigenvalue weighted by atomic mass is 10.0. The van der Waals surface area contributed by atoms with Gasteiger partial charge >= 0.3 is 5.97 Å². The molecule has 0 aromatic rings. The minimum absolute atomic E-state index is 0.0728. The Hall–Kier alpha value is -0.570. The first-order valence-corrected chi connectivity index (χ1v) is 12.0. The number of nitrogens with zero attached hydrogens (tertiary/aromatic N) is 1. The van der Waals surface area contributed by atoms with Gasteiger partial charge in [0.15, 0.2) is 0 Å². The van der Waals surface area contributed by atoms with Gasteiger partial charge in [0.1, 0.15) is 0 Å². The largest absolute Gasteiger partial charge is 0.466 e. The molecule has 0 rings (SSSR count). The van der Waals surface area contributed by atoms with Crippen LogP contribution in [-0.2, 0) is 9.53 Å². The van der Waals surface area contributed by atoms with E-state index in [1.807, 2.05) is 6.92 Å². The first kappa shape index (κ1) is 26.4. The van der Waals surface area contributed by atoms with E-state index in [0.29, 0.717) is 13.0 Å². The molecule has 0 fully saturated rings. The molecule has 0 aliphatic rings. The van der Waals surface area contributed by atoms with E-state index < -0.39 is 0 Å². The predicted octanol–water partition coefficient (Wildman–Crippen LogP) is 7.13. The van der Waals surface area contributed by atoms with Crippen LogP contribution in [-0.4, -0.2) is 37.6 Å². The Morgan fingerprint density at radius 2 is 1.04 bits per heavy atom. The van der Waals surface area contributed by atoms with Gasteiger partial charge in [-0.25, -0.2) is 0 Å². The molecule has 0 aromatic carbocycles. The first-order valence-electron chi connectivity index (χ1n) is 12.0. The molecule has 0 spiro atoms. The molecule has 0 saturated heterocycles. The number of carbonyl (C=O) groups excluding carboxylic acids is 1. The van der Waals surface area contributed by atoms with Crippen molar-refractivity contribution in [2.45, 2.75) is 123 Å². The minimum Gasteiger partial charge on any atom is -0.466 e. The second-order valence-corrected chi connectivity index (χ2v) is 8.16. The van der Waals surface area contributed by atoms with Crippen molar-refractivity contribution in [2.24, 2.45) is 0 Å². The van der Waals surface area contributed by atoms with E-state index in [9.17, 15) is 4.79 Å². The van der Waals surface area contributed by atoms with Crippen LogP contribution in [0.5, 0.6) is 0 Å². The Kier molecular flexibility index (Phi) is 21.3. The average molecular weight is 384 g/mol. The van der Waals surface area contributed by atoms with Crippen molar-refractivity contribution in [3.8, 4) is 0 Å². The summed E-state index contributed by atoms with van der Waals surface area (Å²) in [4.78, 5) is 13.6. The van der Waals surface area contributed by atoms with E-state index in [0.717, 1.165) is 13.1 Å². The molecule has 3 nitrogen and oxygen atoms in total. The van der Waals surface area contributed by atoms with E-state index >= 15 is 0 Å². The number of rotatable bonds is 21. The summed E-state index contributed by atoms with van der Waals surface area (Å²) in [6.07, 6.45) is 23.1. The second kappa shape index (κ2) is 21.7.